The van der Waals surface area contributed by atoms with Gasteiger partial charge in [-0.3, -0.25) is 4.79 Å². The molecule has 0 saturated carbocycles. The molecule has 1 aromatic heterocycles. The number of amides is 3. The highest BCUT2D eigenvalue weighted by molar-refractivity contribution is 7.13. The van der Waals surface area contributed by atoms with E-state index in [1.165, 1.54) is 11.0 Å². The average molecular weight is 465 g/mol. The first-order valence-corrected chi connectivity index (χ1v) is 10.3. The minimum Gasteiger partial charge on any atom is -0.320 e. The SMILES string of the molecule is O=C(Nc1ccc(F)c(F)c1)c1nnc([C@H]2CCCN2C(=O)Nc2ccc(F)cc2F)s1. The van der Waals surface area contributed by atoms with E-state index in [0.717, 1.165) is 35.6 Å². The van der Waals surface area contributed by atoms with Crippen LogP contribution in [-0.4, -0.2) is 33.6 Å². The monoisotopic (exact) mass is 465 g/mol. The molecule has 1 saturated heterocycles. The van der Waals surface area contributed by atoms with Gasteiger partial charge in [-0.2, -0.15) is 0 Å². The first kappa shape index (κ1) is 21.7. The molecule has 1 fully saturated rings. The first-order valence-electron chi connectivity index (χ1n) is 9.44. The van der Waals surface area contributed by atoms with Gasteiger partial charge in [-0.05, 0) is 37.1 Å². The zero-order valence-corrected chi connectivity index (χ0v) is 17.1. The smallest absolute Gasteiger partial charge is 0.320 e. The molecule has 166 valence electrons. The largest absolute Gasteiger partial charge is 0.322 e. The summed E-state index contributed by atoms with van der Waals surface area (Å²) in [5.74, 6) is -4.47. The summed E-state index contributed by atoms with van der Waals surface area (Å²) in [5, 5.41) is 13.0. The summed E-state index contributed by atoms with van der Waals surface area (Å²) in [6.45, 7) is 0.370. The number of nitrogens with zero attached hydrogens (tertiary/aromatic N) is 3. The number of anilines is 2. The van der Waals surface area contributed by atoms with E-state index in [-0.39, 0.29) is 16.4 Å². The summed E-state index contributed by atoms with van der Waals surface area (Å²) in [7, 11) is 0. The quantitative estimate of drug-likeness (QED) is 0.546. The van der Waals surface area contributed by atoms with Crippen LogP contribution in [0.15, 0.2) is 36.4 Å². The lowest BCUT2D eigenvalue weighted by Crippen LogP contribution is -2.34. The summed E-state index contributed by atoms with van der Waals surface area (Å²) in [5.41, 5.74) is -0.111. The van der Waals surface area contributed by atoms with Crippen LogP contribution in [0.25, 0.3) is 0 Å². The number of halogens is 4. The molecule has 2 aromatic carbocycles. The number of rotatable bonds is 4. The van der Waals surface area contributed by atoms with Gasteiger partial charge in [0.05, 0.1) is 11.7 Å². The number of carbonyl (C=O) groups is 2. The Kier molecular flexibility index (Phi) is 6.04. The van der Waals surface area contributed by atoms with Crippen LogP contribution in [0.2, 0.25) is 0 Å². The molecular formula is C20H15F4N5O2S. The highest BCUT2D eigenvalue weighted by Gasteiger charge is 2.33. The summed E-state index contributed by atoms with van der Waals surface area (Å²) in [4.78, 5) is 26.4. The predicted octanol–water partition coefficient (Wildman–Crippen LogP) is 4.72. The Morgan fingerprint density at radius 2 is 1.78 bits per heavy atom. The van der Waals surface area contributed by atoms with Gasteiger partial charge in [0.25, 0.3) is 5.91 Å². The molecule has 0 spiro atoms. The Bertz CT molecular complexity index is 1190. The van der Waals surface area contributed by atoms with Gasteiger partial charge in [0.2, 0.25) is 5.01 Å². The van der Waals surface area contributed by atoms with Gasteiger partial charge < -0.3 is 15.5 Å². The van der Waals surface area contributed by atoms with Gasteiger partial charge in [0, 0.05) is 24.4 Å². The van der Waals surface area contributed by atoms with Gasteiger partial charge in [-0.1, -0.05) is 11.3 Å². The van der Waals surface area contributed by atoms with Crippen LogP contribution in [0.4, 0.5) is 33.7 Å². The zero-order valence-electron chi connectivity index (χ0n) is 16.2. The number of hydrogen-bond acceptors (Lipinski definition) is 5. The van der Waals surface area contributed by atoms with Gasteiger partial charge in [0.15, 0.2) is 11.6 Å². The van der Waals surface area contributed by atoms with Crippen LogP contribution >= 0.6 is 11.3 Å². The molecule has 32 heavy (non-hydrogen) atoms. The van der Waals surface area contributed by atoms with Crippen LogP contribution in [0.3, 0.4) is 0 Å². The Balaban J connectivity index is 1.45. The number of urea groups is 1. The second-order valence-corrected chi connectivity index (χ2v) is 7.94. The Labute approximate surface area is 183 Å². The molecule has 3 amide bonds. The predicted molar refractivity (Wildman–Crippen MR) is 108 cm³/mol. The van der Waals surface area contributed by atoms with Crippen molar-refractivity contribution in [1.82, 2.24) is 15.1 Å². The van der Waals surface area contributed by atoms with Crippen LogP contribution in [-0.2, 0) is 0 Å². The lowest BCUT2D eigenvalue weighted by atomic mass is 10.2. The van der Waals surface area contributed by atoms with Gasteiger partial charge in [0.1, 0.15) is 16.6 Å². The molecular weight excluding hydrogens is 450 g/mol. The van der Waals surface area contributed by atoms with Crippen LogP contribution < -0.4 is 10.6 Å². The number of likely N-dealkylation sites (tertiary alicyclic amines) is 1. The molecule has 1 atom stereocenters. The Hall–Kier alpha value is -3.54. The molecule has 7 nitrogen and oxygen atoms in total. The van der Waals surface area contributed by atoms with E-state index in [1.807, 2.05) is 0 Å². The Morgan fingerprint density at radius 3 is 2.53 bits per heavy atom. The van der Waals surface area contributed by atoms with Crippen molar-refractivity contribution >= 4 is 34.6 Å². The van der Waals surface area contributed by atoms with E-state index in [0.29, 0.717) is 30.5 Å². The van der Waals surface area contributed by atoms with Crippen LogP contribution in [0.5, 0.6) is 0 Å². The fourth-order valence-corrected chi connectivity index (χ4v) is 4.15. The lowest BCUT2D eigenvalue weighted by molar-refractivity contribution is 0.102. The molecule has 1 aliphatic rings. The standard InChI is InChI=1S/C20H15F4N5O2S/c21-10-3-6-15(14(24)8-10)26-20(31)29-7-1-2-16(29)18-27-28-19(32-18)17(30)25-11-4-5-12(22)13(23)9-11/h3-6,8-9,16H,1-2,7H2,(H,25,30)(H,26,31)/t16-/m1/s1. The van der Waals surface area contributed by atoms with Gasteiger partial charge in [-0.25, -0.2) is 22.4 Å². The molecule has 0 unspecified atom stereocenters. The maximum Gasteiger partial charge on any atom is 0.322 e. The lowest BCUT2D eigenvalue weighted by Gasteiger charge is -2.23. The van der Waals surface area contributed by atoms with E-state index in [1.54, 1.807) is 0 Å². The topological polar surface area (TPSA) is 87.2 Å². The fourth-order valence-electron chi connectivity index (χ4n) is 3.26. The van der Waals surface area contributed by atoms with E-state index in [4.69, 9.17) is 0 Å². The highest BCUT2D eigenvalue weighted by atomic mass is 32.1. The summed E-state index contributed by atoms with van der Waals surface area (Å²) >= 11 is 0.950. The van der Waals surface area contributed by atoms with E-state index < -0.39 is 41.2 Å². The van der Waals surface area contributed by atoms with Gasteiger partial charge >= 0.3 is 6.03 Å². The van der Waals surface area contributed by atoms with E-state index in [2.05, 4.69) is 20.8 Å². The number of aromatic nitrogens is 2. The van der Waals surface area contributed by atoms with Crippen molar-refractivity contribution in [1.29, 1.82) is 0 Å². The molecule has 1 aliphatic heterocycles. The molecule has 0 bridgehead atoms. The first-order chi connectivity index (χ1) is 15.3. The van der Waals surface area contributed by atoms with Crippen LogP contribution in [0.1, 0.15) is 33.7 Å². The van der Waals surface area contributed by atoms with Crippen molar-refractivity contribution in [3.05, 3.63) is 69.7 Å². The van der Waals surface area contributed by atoms with Gasteiger partial charge in [-0.15, -0.1) is 10.2 Å². The minimum absolute atomic E-state index is 0.0263. The summed E-state index contributed by atoms with van der Waals surface area (Å²) < 4.78 is 53.3. The third kappa shape index (κ3) is 4.54. The van der Waals surface area contributed by atoms with Crippen molar-refractivity contribution in [3.8, 4) is 0 Å². The number of benzene rings is 2. The van der Waals surface area contributed by atoms with E-state index in [9.17, 15) is 27.2 Å². The van der Waals surface area contributed by atoms with Crippen LogP contribution in [0, 0.1) is 23.3 Å². The Morgan fingerprint density at radius 1 is 0.969 bits per heavy atom. The van der Waals surface area contributed by atoms with Crippen molar-refractivity contribution in [2.24, 2.45) is 0 Å². The molecule has 0 radical (unpaired) electrons. The zero-order chi connectivity index (χ0) is 22.8. The third-order valence-corrected chi connectivity index (χ3v) is 5.81. The van der Waals surface area contributed by atoms with Crippen molar-refractivity contribution in [2.45, 2.75) is 18.9 Å². The fraction of sp³-hybridized carbons (Fsp3) is 0.200. The third-order valence-electron chi connectivity index (χ3n) is 4.78. The number of carbonyl (C=O) groups excluding carboxylic acids is 2. The second kappa shape index (κ2) is 8.91. The minimum atomic E-state index is -1.11. The van der Waals surface area contributed by atoms with Crippen molar-refractivity contribution in [3.63, 3.8) is 0 Å². The summed E-state index contributed by atoms with van der Waals surface area (Å²) in [6.07, 6.45) is 1.21. The molecule has 4 rings (SSSR count). The molecule has 2 N–H and O–H groups in total. The molecule has 3 aromatic rings. The number of hydrogen-bond donors (Lipinski definition) is 2. The van der Waals surface area contributed by atoms with Crippen molar-refractivity contribution in [2.75, 3.05) is 17.2 Å². The average Bonchev–Trinajstić information content (AvgIpc) is 3.42. The molecule has 12 heteroatoms. The second-order valence-electron chi connectivity index (χ2n) is 6.93. The normalized spacial score (nSPS) is 15.6. The maximum atomic E-state index is 13.9. The highest BCUT2D eigenvalue weighted by Crippen LogP contribution is 2.34. The molecule has 0 aliphatic carbocycles. The maximum absolute atomic E-state index is 13.9. The molecule has 2 heterocycles. The van der Waals surface area contributed by atoms with Crippen molar-refractivity contribution < 1.29 is 27.2 Å². The number of nitrogens with one attached hydrogen (secondary N) is 2. The summed E-state index contributed by atoms with van der Waals surface area (Å²) in [6, 6.07) is 4.67. The van der Waals surface area contributed by atoms with E-state index >= 15 is 0 Å².